The van der Waals surface area contributed by atoms with E-state index in [2.05, 4.69) is 30.3 Å². The first-order chi connectivity index (χ1) is 10.2. The normalized spacial score (nSPS) is 19.0. The van der Waals surface area contributed by atoms with Gasteiger partial charge in [-0.25, -0.2) is 0 Å². The number of aliphatic imine (C=N–C) groups is 1. The van der Waals surface area contributed by atoms with Gasteiger partial charge in [-0.2, -0.15) is 0 Å². The zero-order valence-electron chi connectivity index (χ0n) is 12.8. The third-order valence-electron chi connectivity index (χ3n) is 3.50. The molecule has 0 saturated carbocycles. The van der Waals surface area contributed by atoms with E-state index in [1.807, 2.05) is 6.07 Å². The number of ether oxygens (including phenoxy) is 1. The Morgan fingerprint density at radius 2 is 2.43 bits per heavy atom. The van der Waals surface area contributed by atoms with E-state index in [-0.39, 0.29) is 0 Å². The van der Waals surface area contributed by atoms with E-state index in [4.69, 9.17) is 21.3 Å². The maximum Gasteiger partial charge on any atom is 0.193 e. The quantitative estimate of drug-likeness (QED) is 0.644. The molecule has 6 heteroatoms. The second kappa shape index (κ2) is 8.61. The first kappa shape index (κ1) is 16.6. The molecule has 0 spiro atoms. The molecule has 0 aromatic carbocycles. The van der Waals surface area contributed by atoms with Crippen molar-refractivity contribution in [2.75, 3.05) is 39.9 Å². The van der Waals surface area contributed by atoms with Gasteiger partial charge in [0.25, 0.3) is 0 Å². The molecule has 0 bridgehead atoms. The summed E-state index contributed by atoms with van der Waals surface area (Å²) in [5.41, 5.74) is 0. The van der Waals surface area contributed by atoms with Gasteiger partial charge in [-0.05, 0) is 25.5 Å². The van der Waals surface area contributed by atoms with Crippen LogP contribution in [0.15, 0.2) is 17.1 Å². The Morgan fingerprint density at radius 3 is 3.05 bits per heavy atom. The van der Waals surface area contributed by atoms with Gasteiger partial charge in [-0.1, -0.05) is 11.6 Å². The SMILES string of the molecule is CCNC(=NCCc1ccc(Cl)s1)N(C)CC1CCOC1. The Morgan fingerprint density at radius 1 is 1.57 bits per heavy atom. The van der Waals surface area contributed by atoms with Crippen molar-refractivity contribution < 1.29 is 4.74 Å². The molecule has 1 saturated heterocycles. The summed E-state index contributed by atoms with van der Waals surface area (Å²) in [6.45, 7) is 6.53. The van der Waals surface area contributed by atoms with E-state index in [1.54, 1.807) is 11.3 Å². The van der Waals surface area contributed by atoms with E-state index < -0.39 is 0 Å². The van der Waals surface area contributed by atoms with E-state index >= 15 is 0 Å². The van der Waals surface area contributed by atoms with Crippen LogP contribution in [0.25, 0.3) is 0 Å². The lowest BCUT2D eigenvalue weighted by Gasteiger charge is -2.24. The van der Waals surface area contributed by atoms with Crippen molar-refractivity contribution in [2.24, 2.45) is 10.9 Å². The molecule has 1 aliphatic rings. The third kappa shape index (κ3) is 5.49. The summed E-state index contributed by atoms with van der Waals surface area (Å²) in [4.78, 5) is 8.21. The molecule has 1 aliphatic heterocycles. The van der Waals surface area contributed by atoms with Crippen molar-refractivity contribution in [1.29, 1.82) is 0 Å². The molecule has 1 aromatic heterocycles. The average Bonchev–Trinajstić information content (AvgIpc) is 3.09. The fourth-order valence-corrected chi connectivity index (χ4v) is 3.51. The Kier molecular flexibility index (Phi) is 6.80. The number of nitrogens with zero attached hydrogens (tertiary/aromatic N) is 2. The molecule has 0 aliphatic carbocycles. The van der Waals surface area contributed by atoms with Gasteiger partial charge in [0, 0.05) is 50.5 Å². The lowest BCUT2D eigenvalue weighted by molar-refractivity contribution is 0.181. The van der Waals surface area contributed by atoms with E-state index in [0.29, 0.717) is 5.92 Å². The lowest BCUT2D eigenvalue weighted by atomic mass is 10.1. The van der Waals surface area contributed by atoms with Crippen LogP contribution in [0.4, 0.5) is 0 Å². The van der Waals surface area contributed by atoms with Gasteiger partial charge in [-0.15, -0.1) is 11.3 Å². The van der Waals surface area contributed by atoms with Crippen molar-refractivity contribution in [3.63, 3.8) is 0 Å². The predicted octanol–water partition coefficient (Wildman–Crippen LogP) is 2.88. The lowest BCUT2D eigenvalue weighted by Crippen LogP contribution is -2.41. The first-order valence-electron chi connectivity index (χ1n) is 7.50. The number of guanidine groups is 1. The van der Waals surface area contributed by atoms with Crippen molar-refractivity contribution in [3.05, 3.63) is 21.3 Å². The van der Waals surface area contributed by atoms with E-state index in [1.165, 1.54) is 4.88 Å². The monoisotopic (exact) mass is 329 g/mol. The van der Waals surface area contributed by atoms with Crippen LogP contribution in [0.3, 0.4) is 0 Å². The number of hydrogen-bond acceptors (Lipinski definition) is 3. The van der Waals surface area contributed by atoms with E-state index in [0.717, 1.165) is 56.0 Å². The molecule has 2 heterocycles. The van der Waals surface area contributed by atoms with Gasteiger partial charge in [0.05, 0.1) is 10.9 Å². The Balaban J connectivity index is 1.85. The molecular formula is C15H24ClN3OS. The summed E-state index contributed by atoms with van der Waals surface area (Å²) in [5, 5.41) is 3.36. The van der Waals surface area contributed by atoms with Crippen LogP contribution >= 0.6 is 22.9 Å². The zero-order chi connectivity index (χ0) is 15.1. The van der Waals surface area contributed by atoms with Gasteiger partial charge >= 0.3 is 0 Å². The van der Waals surface area contributed by atoms with Crippen LogP contribution in [0.5, 0.6) is 0 Å². The fraction of sp³-hybridized carbons (Fsp3) is 0.667. The number of nitrogens with one attached hydrogen (secondary N) is 1. The minimum absolute atomic E-state index is 0.620. The van der Waals surface area contributed by atoms with Crippen molar-refractivity contribution in [3.8, 4) is 0 Å². The average molecular weight is 330 g/mol. The zero-order valence-corrected chi connectivity index (χ0v) is 14.3. The van der Waals surface area contributed by atoms with Crippen molar-refractivity contribution in [2.45, 2.75) is 19.8 Å². The highest BCUT2D eigenvalue weighted by Crippen LogP contribution is 2.21. The molecule has 0 radical (unpaired) electrons. The molecule has 1 unspecified atom stereocenters. The van der Waals surface area contributed by atoms with Crippen LogP contribution in [0, 0.1) is 5.92 Å². The maximum absolute atomic E-state index is 5.95. The number of halogens is 1. The topological polar surface area (TPSA) is 36.9 Å². The summed E-state index contributed by atoms with van der Waals surface area (Å²) >= 11 is 7.58. The molecule has 1 N–H and O–H groups in total. The van der Waals surface area contributed by atoms with Gasteiger partial charge in [0.15, 0.2) is 5.96 Å². The Hall–Kier alpha value is -0.780. The summed E-state index contributed by atoms with van der Waals surface area (Å²) in [5.74, 6) is 1.60. The van der Waals surface area contributed by atoms with Crippen LogP contribution < -0.4 is 5.32 Å². The molecule has 21 heavy (non-hydrogen) atoms. The number of rotatable bonds is 6. The summed E-state index contributed by atoms with van der Waals surface area (Å²) in [6.07, 6.45) is 2.09. The Bertz CT molecular complexity index is 458. The molecule has 1 fully saturated rings. The van der Waals surface area contributed by atoms with Gasteiger partial charge in [0.1, 0.15) is 0 Å². The van der Waals surface area contributed by atoms with E-state index in [9.17, 15) is 0 Å². The second-order valence-electron chi connectivity index (χ2n) is 5.30. The smallest absolute Gasteiger partial charge is 0.193 e. The maximum atomic E-state index is 5.95. The minimum Gasteiger partial charge on any atom is -0.381 e. The first-order valence-corrected chi connectivity index (χ1v) is 8.70. The van der Waals surface area contributed by atoms with Gasteiger partial charge in [-0.3, -0.25) is 4.99 Å². The van der Waals surface area contributed by atoms with Gasteiger partial charge < -0.3 is 15.0 Å². The number of thiophene rings is 1. The van der Waals surface area contributed by atoms with Gasteiger partial charge in [0.2, 0.25) is 0 Å². The minimum atomic E-state index is 0.620. The van der Waals surface area contributed by atoms with Crippen molar-refractivity contribution in [1.82, 2.24) is 10.2 Å². The van der Waals surface area contributed by atoms with Crippen LogP contribution in [0.1, 0.15) is 18.2 Å². The highest BCUT2D eigenvalue weighted by atomic mass is 35.5. The molecule has 0 amide bonds. The largest absolute Gasteiger partial charge is 0.381 e. The second-order valence-corrected chi connectivity index (χ2v) is 7.10. The summed E-state index contributed by atoms with van der Waals surface area (Å²) in [6, 6.07) is 4.03. The highest BCUT2D eigenvalue weighted by molar-refractivity contribution is 7.16. The molecule has 1 aromatic rings. The van der Waals surface area contributed by atoms with Crippen molar-refractivity contribution >= 4 is 28.9 Å². The molecule has 118 valence electrons. The number of hydrogen-bond donors (Lipinski definition) is 1. The molecule has 1 atom stereocenters. The molecule has 2 rings (SSSR count). The Labute approximate surface area is 136 Å². The summed E-state index contributed by atoms with van der Waals surface area (Å²) in [7, 11) is 2.10. The van der Waals surface area contributed by atoms with Crippen LogP contribution in [0.2, 0.25) is 4.34 Å². The molecule has 4 nitrogen and oxygen atoms in total. The highest BCUT2D eigenvalue weighted by Gasteiger charge is 2.18. The standard InChI is InChI=1S/C15H24ClN3OS/c1-3-17-15(19(2)10-12-7-9-20-11-12)18-8-6-13-4-5-14(16)21-13/h4-5,12H,3,6-11H2,1-2H3,(H,17,18). The third-order valence-corrected chi connectivity index (χ3v) is 4.79. The fourth-order valence-electron chi connectivity index (χ4n) is 2.43. The van der Waals surface area contributed by atoms with Crippen LogP contribution in [-0.4, -0.2) is 50.8 Å². The molecular weight excluding hydrogens is 306 g/mol. The van der Waals surface area contributed by atoms with Crippen LogP contribution in [-0.2, 0) is 11.2 Å². The summed E-state index contributed by atoms with van der Waals surface area (Å²) < 4.78 is 6.29. The predicted molar refractivity (Wildman–Crippen MR) is 90.6 cm³/mol.